The van der Waals surface area contributed by atoms with E-state index >= 15 is 0 Å². The zero-order chi connectivity index (χ0) is 15.4. The van der Waals surface area contributed by atoms with Crippen molar-refractivity contribution in [2.45, 2.75) is 20.0 Å². The summed E-state index contributed by atoms with van der Waals surface area (Å²) in [7, 11) is 0. The molecular formula is C16H15F2NO2. The summed E-state index contributed by atoms with van der Waals surface area (Å²) in [5.41, 5.74) is 0.922. The number of aryl methyl sites for hydroxylation is 1. The van der Waals surface area contributed by atoms with E-state index in [-0.39, 0.29) is 5.69 Å². The molecule has 0 fully saturated rings. The lowest BCUT2D eigenvalue weighted by atomic mass is 10.2. The van der Waals surface area contributed by atoms with Crippen molar-refractivity contribution in [1.82, 2.24) is 0 Å². The Kier molecular flexibility index (Phi) is 4.52. The summed E-state index contributed by atoms with van der Waals surface area (Å²) >= 11 is 0. The van der Waals surface area contributed by atoms with E-state index in [4.69, 9.17) is 4.74 Å². The maximum atomic E-state index is 13.5. The highest BCUT2D eigenvalue weighted by Crippen LogP contribution is 2.17. The molecule has 0 heterocycles. The smallest absolute Gasteiger partial charge is 0.265 e. The number of rotatable bonds is 4. The Balaban J connectivity index is 2.02. The van der Waals surface area contributed by atoms with Gasteiger partial charge in [-0.2, -0.15) is 0 Å². The topological polar surface area (TPSA) is 38.3 Å². The van der Waals surface area contributed by atoms with Crippen molar-refractivity contribution < 1.29 is 18.3 Å². The fraction of sp³-hybridized carbons (Fsp3) is 0.188. The average Bonchev–Trinajstić information content (AvgIpc) is 2.41. The largest absolute Gasteiger partial charge is 0.481 e. The minimum Gasteiger partial charge on any atom is -0.481 e. The zero-order valence-corrected chi connectivity index (χ0v) is 11.7. The van der Waals surface area contributed by atoms with Crippen LogP contribution in [0.3, 0.4) is 0 Å². The number of amides is 1. The highest BCUT2D eigenvalue weighted by atomic mass is 19.1. The van der Waals surface area contributed by atoms with Gasteiger partial charge in [-0.1, -0.05) is 12.1 Å². The SMILES string of the molecule is Cc1cccc(O[C@H](C)C(=O)Nc2ccc(F)cc2F)c1. The van der Waals surface area contributed by atoms with E-state index in [0.29, 0.717) is 11.8 Å². The summed E-state index contributed by atoms with van der Waals surface area (Å²) < 4.78 is 31.7. The standard InChI is InChI=1S/C16H15F2NO2/c1-10-4-3-5-13(8-10)21-11(2)16(20)19-15-7-6-12(17)9-14(15)18/h3-9,11H,1-2H3,(H,19,20)/t11-/m1/s1. The minimum absolute atomic E-state index is 0.0823. The first-order valence-electron chi connectivity index (χ1n) is 6.45. The predicted octanol–water partition coefficient (Wildman–Crippen LogP) is 3.68. The molecule has 21 heavy (non-hydrogen) atoms. The zero-order valence-electron chi connectivity index (χ0n) is 11.7. The molecule has 2 rings (SSSR count). The summed E-state index contributed by atoms with van der Waals surface area (Å²) in [6.45, 7) is 3.46. The monoisotopic (exact) mass is 291 g/mol. The lowest BCUT2D eigenvalue weighted by Crippen LogP contribution is -2.30. The summed E-state index contributed by atoms with van der Waals surface area (Å²) in [6.07, 6.45) is -0.809. The Morgan fingerprint density at radius 1 is 1.19 bits per heavy atom. The van der Waals surface area contributed by atoms with Gasteiger partial charge in [0.1, 0.15) is 17.4 Å². The molecule has 0 spiro atoms. The van der Waals surface area contributed by atoms with Crippen molar-refractivity contribution in [2.24, 2.45) is 0 Å². The number of benzene rings is 2. The molecule has 5 heteroatoms. The molecule has 0 aliphatic heterocycles. The molecular weight excluding hydrogens is 276 g/mol. The van der Waals surface area contributed by atoms with Crippen molar-refractivity contribution in [1.29, 1.82) is 0 Å². The maximum absolute atomic E-state index is 13.5. The van der Waals surface area contributed by atoms with Gasteiger partial charge in [0.2, 0.25) is 0 Å². The Bertz CT molecular complexity index is 658. The third-order valence-corrected chi connectivity index (χ3v) is 2.86. The van der Waals surface area contributed by atoms with Crippen LogP contribution >= 0.6 is 0 Å². The van der Waals surface area contributed by atoms with Crippen molar-refractivity contribution in [3.8, 4) is 5.75 Å². The fourth-order valence-corrected chi connectivity index (χ4v) is 1.77. The molecule has 3 nitrogen and oxygen atoms in total. The van der Waals surface area contributed by atoms with Gasteiger partial charge in [-0.25, -0.2) is 8.78 Å². The molecule has 0 saturated carbocycles. The molecule has 110 valence electrons. The number of anilines is 1. The fourth-order valence-electron chi connectivity index (χ4n) is 1.77. The second-order valence-electron chi connectivity index (χ2n) is 4.69. The van der Waals surface area contributed by atoms with Crippen LogP contribution in [0.5, 0.6) is 5.75 Å². The first kappa shape index (κ1) is 15.0. The summed E-state index contributed by atoms with van der Waals surface area (Å²) in [4.78, 5) is 11.9. The Morgan fingerprint density at radius 2 is 1.95 bits per heavy atom. The van der Waals surface area contributed by atoms with Crippen LogP contribution in [0.4, 0.5) is 14.5 Å². The number of ether oxygens (including phenoxy) is 1. The molecule has 0 aliphatic rings. The predicted molar refractivity (Wildman–Crippen MR) is 76.3 cm³/mol. The highest BCUT2D eigenvalue weighted by molar-refractivity contribution is 5.94. The second kappa shape index (κ2) is 6.35. The lowest BCUT2D eigenvalue weighted by Gasteiger charge is -2.15. The van der Waals surface area contributed by atoms with E-state index in [0.717, 1.165) is 11.6 Å². The third-order valence-electron chi connectivity index (χ3n) is 2.86. The van der Waals surface area contributed by atoms with Crippen LogP contribution in [0.2, 0.25) is 0 Å². The van der Waals surface area contributed by atoms with Crippen LogP contribution in [0, 0.1) is 18.6 Å². The van der Waals surface area contributed by atoms with Crippen LogP contribution in [-0.2, 0) is 4.79 Å². The maximum Gasteiger partial charge on any atom is 0.265 e. The number of halogens is 2. The molecule has 2 aromatic carbocycles. The average molecular weight is 291 g/mol. The van der Waals surface area contributed by atoms with Crippen molar-refractivity contribution in [2.75, 3.05) is 5.32 Å². The van der Waals surface area contributed by atoms with E-state index < -0.39 is 23.6 Å². The molecule has 1 atom stereocenters. The quantitative estimate of drug-likeness (QED) is 0.933. The number of hydrogen-bond donors (Lipinski definition) is 1. The number of carbonyl (C=O) groups is 1. The van der Waals surface area contributed by atoms with Crippen LogP contribution in [0.25, 0.3) is 0 Å². The van der Waals surface area contributed by atoms with Crippen molar-refractivity contribution >= 4 is 11.6 Å². The normalized spacial score (nSPS) is 11.8. The molecule has 0 bridgehead atoms. The van der Waals surface area contributed by atoms with Crippen LogP contribution in [0.15, 0.2) is 42.5 Å². The number of nitrogens with one attached hydrogen (secondary N) is 1. The second-order valence-corrected chi connectivity index (χ2v) is 4.69. The van der Waals surface area contributed by atoms with E-state index in [2.05, 4.69) is 5.32 Å². The summed E-state index contributed by atoms with van der Waals surface area (Å²) in [5, 5.41) is 2.37. The van der Waals surface area contributed by atoms with E-state index in [1.807, 2.05) is 19.1 Å². The van der Waals surface area contributed by atoms with Gasteiger partial charge in [0.15, 0.2) is 6.10 Å². The van der Waals surface area contributed by atoms with Gasteiger partial charge >= 0.3 is 0 Å². The first-order valence-corrected chi connectivity index (χ1v) is 6.45. The van der Waals surface area contributed by atoms with Gasteiger partial charge in [0.05, 0.1) is 5.69 Å². The molecule has 0 aromatic heterocycles. The summed E-state index contributed by atoms with van der Waals surface area (Å²) in [5.74, 6) is -1.49. The van der Waals surface area contributed by atoms with Gasteiger partial charge in [0, 0.05) is 6.07 Å². The molecule has 1 amide bonds. The third kappa shape index (κ3) is 4.02. The van der Waals surface area contributed by atoms with Gasteiger partial charge in [-0.15, -0.1) is 0 Å². The van der Waals surface area contributed by atoms with Crippen molar-refractivity contribution in [3.63, 3.8) is 0 Å². The molecule has 0 aliphatic carbocycles. The van der Waals surface area contributed by atoms with Gasteiger partial charge in [0.25, 0.3) is 5.91 Å². The van der Waals surface area contributed by atoms with E-state index in [1.165, 1.54) is 6.07 Å². The van der Waals surface area contributed by atoms with E-state index in [1.54, 1.807) is 19.1 Å². The minimum atomic E-state index is -0.828. The van der Waals surface area contributed by atoms with Crippen LogP contribution in [0.1, 0.15) is 12.5 Å². The molecule has 0 saturated heterocycles. The lowest BCUT2D eigenvalue weighted by molar-refractivity contribution is -0.122. The van der Waals surface area contributed by atoms with Crippen LogP contribution < -0.4 is 10.1 Å². The van der Waals surface area contributed by atoms with Gasteiger partial charge in [-0.3, -0.25) is 4.79 Å². The molecule has 0 unspecified atom stereocenters. The van der Waals surface area contributed by atoms with E-state index in [9.17, 15) is 13.6 Å². The van der Waals surface area contributed by atoms with Gasteiger partial charge < -0.3 is 10.1 Å². The summed E-state index contributed by atoms with van der Waals surface area (Å²) in [6, 6.07) is 10.2. The number of carbonyl (C=O) groups excluding carboxylic acids is 1. The Labute approximate surface area is 121 Å². The Morgan fingerprint density at radius 3 is 2.62 bits per heavy atom. The Hall–Kier alpha value is -2.43. The number of hydrogen-bond acceptors (Lipinski definition) is 2. The molecule has 1 N–H and O–H groups in total. The molecule has 2 aromatic rings. The first-order chi connectivity index (χ1) is 9.95. The van der Waals surface area contributed by atoms with Gasteiger partial charge in [-0.05, 0) is 43.7 Å². The molecule has 0 radical (unpaired) electrons. The highest BCUT2D eigenvalue weighted by Gasteiger charge is 2.16. The van der Waals surface area contributed by atoms with Crippen molar-refractivity contribution in [3.05, 3.63) is 59.7 Å². The van der Waals surface area contributed by atoms with Crippen LogP contribution in [-0.4, -0.2) is 12.0 Å².